The summed E-state index contributed by atoms with van der Waals surface area (Å²) in [7, 11) is -1.64. The fourth-order valence-electron chi connectivity index (χ4n) is 3.25. The van der Waals surface area contributed by atoms with Gasteiger partial charge >= 0.3 is 0 Å². The molecule has 0 aromatic heterocycles. The molecular weight excluding hydrogens is 324 g/mol. The molecule has 6 heteroatoms. The Morgan fingerprint density at radius 2 is 1.96 bits per heavy atom. The summed E-state index contributed by atoms with van der Waals surface area (Å²) < 4.78 is 32.3. The number of rotatable bonds is 8. The maximum absolute atomic E-state index is 12.2. The van der Waals surface area contributed by atoms with Crippen molar-refractivity contribution in [1.29, 1.82) is 0 Å². The van der Waals surface area contributed by atoms with Gasteiger partial charge in [0.1, 0.15) is 0 Å². The minimum atomic E-state index is -3.23. The Morgan fingerprint density at radius 3 is 2.58 bits per heavy atom. The third-order valence-corrected chi connectivity index (χ3v) is 6.24. The van der Waals surface area contributed by atoms with Gasteiger partial charge in [0.15, 0.2) is 0 Å². The van der Waals surface area contributed by atoms with Crippen LogP contribution < -0.4 is 4.72 Å². The lowest BCUT2D eigenvalue weighted by atomic mass is 10.0. The fourth-order valence-corrected chi connectivity index (χ4v) is 4.93. The molecule has 1 aromatic carbocycles. The van der Waals surface area contributed by atoms with Gasteiger partial charge in [-0.15, -0.1) is 0 Å². The van der Waals surface area contributed by atoms with Crippen molar-refractivity contribution in [1.82, 2.24) is 9.62 Å². The van der Waals surface area contributed by atoms with E-state index in [-0.39, 0.29) is 17.7 Å². The predicted octanol–water partition coefficient (Wildman–Crippen LogP) is 2.16. The predicted molar refractivity (Wildman–Crippen MR) is 97.4 cm³/mol. The zero-order valence-corrected chi connectivity index (χ0v) is 15.8. The lowest BCUT2D eigenvalue weighted by Gasteiger charge is -2.32. The third kappa shape index (κ3) is 6.16. The molecule has 0 bridgehead atoms. The molecule has 0 aliphatic carbocycles. The molecule has 0 unspecified atom stereocenters. The molecule has 1 atom stereocenters. The minimum Gasteiger partial charge on any atom is -0.384 e. The van der Waals surface area contributed by atoms with Gasteiger partial charge in [-0.1, -0.05) is 31.2 Å². The molecule has 1 N–H and O–H groups in total. The SMILES string of the molecule is COC[C@@H](C)CS(=O)(=O)NC1CCN(Cc2ccccc2C)CC1. The van der Waals surface area contributed by atoms with Crippen molar-refractivity contribution < 1.29 is 13.2 Å². The average molecular weight is 355 g/mol. The van der Waals surface area contributed by atoms with Gasteiger partial charge < -0.3 is 4.74 Å². The van der Waals surface area contributed by atoms with Crippen LogP contribution in [0.4, 0.5) is 0 Å². The Bertz CT molecular complexity index is 610. The molecule has 1 aliphatic heterocycles. The molecule has 0 spiro atoms. The summed E-state index contributed by atoms with van der Waals surface area (Å²) >= 11 is 0. The van der Waals surface area contributed by atoms with Crippen molar-refractivity contribution in [2.24, 2.45) is 5.92 Å². The quantitative estimate of drug-likeness (QED) is 0.777. The Hall–Kier alpha value is -0.950. The van der Waals surface area contributed by atoms with E-state index in [1.807, 2.05) is 6.92 Å². The summed E-state index contributed by atoms with van der Waals surface area (Å²) in [5, 5.41) is 0. The highest BCUT2D eigenvalue weighted by Crippen LogP contribution is 2.17. The van der Waals surface area contributed by atoms with Crippen molar-refractivity contribution in [2.75, 3.05) is 32.6 Å². The van der Waals surface area contributed by atoms with Crippen LogP contribution in [0.15, 0.2) is 24.3 Å². The molecular formula is C18H30N2O3S. The van der Waals surface area contributed by atoms with Crippen molar-refractivity contribution >= 4 is 10.0 Å². The summed E-state index contributed by atoms with van der Waals surface area (Å²) in [6.45, 7) is 7.29. The number of nitrogens with one attached hydrogen (secondary N) is 1. The molecule has 1 heterocycles. The molecule has 1 saturated heterocycles. The molecule has 136 valence electrons. The standard InChI is InChI=1S/C18H30N2O3S/c1-15(13-23-3)14-24(21,22)19-18-8-10-20(11-9-18)12-17-7-5-4-6-16(17)2/h4-7,15,18-19H,8-14H2,1-3H3/t15-/m1/s1. The van der Waals surface area contributed by atoms with E-state index >= 15 is 0 Å². The number of likely N-dealkylation sites (tertiary alicyclic amines) is 1. The molecule has 1 aromatic rings. The summed E-state index contributed by atoms with van der Waals surface area (Å²) in [6, 6.07) is 8.49. The molecule has 5 nitrogen and oxygen atoms in total. The van der Waals surface area contributed by atoms with E-state index in [4.69, 9.17) is 4.74 Å². The second-order valence-electron chi connectivity index (χ2n) is 6.94. The van der Waals surface area contributed by atoms with E-state index in [0.29, 0.717) is 6.61 Å². The Labute approximate surface area is 146 Å². The van der Waals surface area contributed by atoms with Crippen LogP contribution in [-0.4, -0.2) is 51.9 Å². The van der Waals surface area contributed by atoms with Gasteiger partial charge in [0.2, 0.25) is 10.0 Å². The zero-order chi connectivity index (χ0) is 17.6. The van der Waals surface area contributed by atoms with Crippen LogP contribution in [-0.2, 0) is 21.3 Å². The van der Waals surface area contributed by atoms with Gasteiger partial charge in [-0.05, 0) is 36.8 Å². The summed E-state index contributed by atoms with van der Waals surface area (Å²) in [6.07, 6.45) is 1.73. The van der Waals surface area contributed by atoms with Crippen LogP contribution in [0, 0.1) is 12.8 Å². The summed E-state index contributed by atoms with van der Waals surface area (Å²) in [4.78, 5) is 2.40. The van der Waals surface area contributed by atoms with E-state index in [0.717, 1.165) is 32.5 Å². The molecule has 2 rings (SSSR count). The number of aryl methyl sites for hydroxylation is 1. The van der Waals surface area contributed by atoms with Gasteiger partial charge in [-0.25, -0.2) is 13.1 Å². The Balaban J connectivity index is 1.79. The van der Waals surface area contributed by atoms with Crippen LogP contribution in [0.3, 0.4) is 0 Å². The van der Waals surface area contributed by atoms with E-state index in [9.17, 15) is 8.42 Å². The first-order valence-corrected chi connectivity index (χ1v) is 10.3. The van der Waals surface area contributed by atoms with Crippen LogP contribution in [0.25, 0.3) is 0 Å². The highest BCUT2D eigenvalue weighted by molar-refractivity contribution is 7.89. The number of benzene rings is 1. The number of methoxy groups -OCH3 is 1. The molecule has 0 radical (unpaired) electrons. The second-order valence-corrected chi connectivity index (χ2v) is 8.74. The number of hydrogen-bond acceptors (Lipinski definition) is 4. The first kappa shape index (κ1) is 19.4. The van der Waals surface area contributed by atoms with E-state index in [1.165, 1.54) is 11.1 Å². The highest BCUT2D eigenvalue weighted by atomic mass is 32.2. The Kier molecular flexibility index (Phi) is 7.22. The molecule has 1 fully saturated rings. The van der Waals surface area contributed by atoms with Crippen LogP contribution in [0.5, 0.6) is 0 Å². The lowest BCUT2D eigenvalue weighted by molar-refractivity contribution is 0.167. The number of sulfonamides is 1. The van der Waals surface area contributed by atoms with Crippen molar-refractivity contribution in [3.63, 3.8) is 0 Å². The molecule has 0 saturated carbocycles. The van der Waals surface area contributed by atoms with E-state index < -0.39 is 10.0 Å². The van der Waals surface area contributed by atoms with Crippen molar-refractivity contribution in [2.45, 2.75) is 39.3 Å². The van der Waals surface area contributed by atoms with Gasteiger partial charge in [-0.3, -0.25) is 4.90 Å². The average Bonchev–Trinajstić information content (AvgIpc) is 2.51. The second kappa shape index (κ2) is 8.94. The third-order valence-electron chi connectivity index (χ3n) is 4.54. The number of nitrogens with zero attached hydrogens (tertiary/aromatic N) is 1. The van der Waals surface area contributed by atoms with Gasteiger partial charge in [-0.2, -0.15) is 0 Å². The smallest absolute Gasteiger partial charge is 0.212 e. The first-order chi connectivity index (χ1) is 11.4. The lowest BCUT2D eigenvalue weighted by Crippen LogP contribution is -2.45. The largest absolute Gasteiger partial charge is 0.384 e. The van der Waals surface area contributed by atoms with Crippen LogP contribution in [0.1, 0.15) is 30.9 Å². The fraction of sp³-hybridized carbons (Fsp3) is 0.667. The van der Waals surface area contributed by atoms with Crippen molar-refractivity contribution in [3.8, 4) is 0 Å². The Morgan fingerprint density at radius 1 is 1.29 bits per heavy atom. The maximum Gasteiger partial charge on any atom is 0.212 e. The van der Waals surface area contributed by atoms with Gasteiger partial charge in [0, 0.05) is 39.4 Å². The maximum atomic E-state index is 12.2. The topological polar surface area (TPSA) is 58.6 Å². The first-order valence-electron chi connectivity index (χ1n) is 8.65. The van der Waals surface area contributed by atoms with Gasteiger partial charge in [0.05, 0.1) is 5.75 Å². The van der Waals surface area contributed by atoms with Crippen LogP contribution in [0.2, 0.25) is 0 Å². The van der Waals surface area contributed by atoms with E-state index in [1.54, 1.807) is 7.11 Å². The normalized spacial score (nSPS) is 18.6. The molecule has 1 aliphatic rings. The van der Waals surface area contributed by atoms with Crippen molar-refractivity contribution in [3.05, 3.63) is 35.4 Å². The highest BCUT2D eigenvalue weighted by Gasteiger charge is 2.24. The van der Waals surface area contributed by atoms with Gasteiger partial charge in [0.25, 0.3) is 0 Å². The number of hydrogen-bond donors (Lipinski definition) is 1. The summed E-state index contributed by atoms with van der Waals surface area (Å²) in [5.41, 5.74) is 2.66. The molecule has 24 heavy (non-hydrogen) atoms. The minimum absolute atomic E-state index is 0.00800. The molecule has 0 amide bonds. The number of piperidine rings is 1. The number of ether oxygens (including phenoxy) is 1. The zero-order valence-electron chi connectivity index (χ0n) is 15.0. The monoisotopic (exact) mass is 354 g/mol. The van der Waals surface area contributed by atoms with Crippen LogP contribution >= 0.6 is 0 Å². The van der Waals surface area contributed by atoms with E-state index in [2.05, 4.69) is 40.8 Å². The summed E-state index contributed by atoms with van der Waals surface area (Å²) in [5.74, 6) is 0.137.